The SMILES string of the molecule is CC(=O)CC1(CON)CCCCC1.CC(=O)CC1(CON)CCN(C(=O)c2ccc[n+](C)c2)CC1. The van der Waals surface area contributed by atoms with E-state index >= 15 is 0 Å². The first kappa shape index (κ1) is 29.0. The van der Waals surface area contributed by atoms with Gasteiger partial charge in [-0.15, -0.1) is 0 Å². The van der Waals surface area contributed by atoms with Gasteiger partial charge in [-0.25, -0.2) is 16.4 Å². The predicted octanol–water partition coefficient (Wildman–Crippen LogP) is 2.41. The third-order valence-corrected chi connectivity index (χ3v) is 7.24. The van der Waals surface area contributed by atoms with Gasteiger partial charge < -0.3 is 24.2 Å². The molecule has 1 aliphatic heterocycles. The second-order valence-corrected chi connectivity index (χ2v) is 10.5. The van der Waals surface area contributed by atoms with Crippen molar-refractivity contribution in [3.05, 3.63) is 30.1 Å². The van der Waals surface area contributed by atoms with E-state index in [2.05, 4.69) is 0 Å². The largest absolute Gasteiger partial charge is 0.338 e. The zero-order valence-corrected chi connectivity index (χ0v) is 21.6. The smallest absolute Gasteiger partial charge is 0.259 e. The second-order valence-electron chi connectivity index (χ2n) is 10.5. The first-order chi connectivity index (χ1) is 16.6. The molecule has 196 valence electrons. The van der Waals surface area contributed by atoms with Gasteiger partial charge in [0.05, 0.1) is 13.2 Å². The Hall–Kier alpha value is -2.20. The summed E-state index contributed by atoms with van der Waals surface area (Å²) in [5.41, 5.74) is 0.497. The van der Waals surface area contributed by atoms with Crippen molar-refractivity contribution in [3.8, 4) is 0 Å². The van der Waals surface area contributed by atoms with E-state index in [4.69, 9.17) is 21.5 Å². The fraction of sp³-hybridized carbons (Fsp3) is 0.692. The van der Waals surface area contributed by atoms with Crippen LogP contribution in [0.2, 0.25) is 0 Å². The number of carbonyl (C=O) groups excluding carboxylic acids is 3. The van der Waals surface area contributed by atoms with Crippen LogP contribution in [0.25, 0.3) is 0 Å². The molecule has 0 atom stereocenters. The van der Waals surface area contributed by atoms with Crippen LogP contribution < -0.4 is 16.4 Å². The number of hydrogen-bond acceptors (Lipinski definition) is 7. The summed E-state index contributed by atoms with van der Waals surface area (Å²) in [6, 6.07) is 3.68. The molecule has 0 spiro atoms. The Bertz CT molecular complexity index is 840. The van der Waals surface area contributed by atoms with Crippen molar-refractivity contribution >= 4 is 17.5 Å². The van der Waals surface area contributed by atoms with Crippen molar-refractivity contribution in [2.75, 3.05) is 26.3 Å². The molecule has 2 fully saturated rings. The molecule has 9 nitrogen and oxygen atoms in total. The van der Waals surface area contributed by atoms with Crippen LogP contribution in [0.1, 0.15) is 82.0 Å². The fourth-order valence-electron chi connectivity index (χ4n) is 5.54. The molecule has 9 heteroatoms. The molecule has 2 aliphatic rings. The molecule has 0 aromatic carbocycles. The Morgan fingerprint density at radius 1 is 0.914 bits per heavy atom. The van der Waals surface area contributed by atoms with Gasteiger partial charge in [-0.05, 0) is 45.6 Å². The Balaban J connectivity index is 0.000000283. The van der Waals surface area contributed by atoms with E-state index in [0.29, 0.717) is 44.7 Å². The average Bonchev–Trinajstić information content (AvgIpc) is 2.79. The van der Waals surface area contributed by atoms with Crippen LogP contribution in [0.3, 0.4) is 0 Å². The molecule has 1 aliphatic carbocycles. The van der Waals surface area contributed by atoms with Crippen LogP contribution in [-0.2, 0) is 26.3 Å². The van der Waals surface area contributed by atoms with E-state index in [1.807, 2.05) is 41.0 Å². The molecule has 4 N–H and O–H groups in total. The van der Waals surface area contributed by atoms with E-state index < -0.39 is 0 Å². The Morgan fingerprint density at radius 3 is 1.89 bits per heavy atom. The monoisotopic (exact) mass is 491 g/mol. The Morgan fingerprint density at radius 2 is 1.43 bits per heavy atom. The number of Topliss-reactive ketones (excluding diaryl/α,β-unsaturated/α-hetero) is 2. The number of amides is 1. The molecule has 1 saturated carbocycles. The molecular weight excluding hydrogens is 448 g/mol. The first-order valence-corrected chi connectivity index (χ1v) is 12.5. The maximum absolute atomic E-state index is 12.5. The standard InChI is InChI=1S/C16H24N3O3.C10H19NO2/c1-13(20)10-16(12-22-17)5-8-19(9-6-16)15(21)14-4-3-7-18(2)11-14;1-9(12)7-10(8-13-11)5-3-2-4-6-10/h3-4,7,11H,5-6,8-10,12,17H2,1-2H3;2-8,11H2,1H3/q+1;. The van der Waals surface area contributed by atoms with Crippen molar-refractivity contribution in [3.63, 3.8) is 0 Å². The molecule has 0 radical (unpaired) electrons. The third-order valence-electron chi connectivity index (χ3n) is 7.24. The number of likely N-dealkylation sites (tertiary alicyclic amines) is 1. The minimum atomic E-state index is -0.237. The number of aromatic nitrogens is 1. The van der Waals surface area contributed by atoms with E-state index in [-0.39, 0.29) is 28.3 Å². The van der Waals surface area contributed by atoms with Gasteiger partial charge in [-0.3, -0.25) is 4.79 Å². The third kappa shape index (κ3) is 9.07. The van der Waals surface area contributed by atoms with Gasteiger partial charge in [-0.2, -0.15) is 0 Å². The number of piperidine rings is 1. The Kier molecular flexibility index (Phi) is 11.4. The van der Waals surface area contributed by atoms with Crippen LogP contribution in [-0.4, -0.2) is 48.7 Å². The summed E-state index contributed by atoms with van der Waals surface area (Å²) in [6.45, 7) is 5.36. The molecule has 2 heterocycles. The molecule has 1 aromatic rings. The van der Waals surface area contributed by atoms with E-state index in [0.717, 1.165) is 25.7 Å². The summed E-state index contributed by atoms with van der Waals surface area (Å²) in [5.74, 6) is 10.7. The lowest BCUT2D eigenvalue weighted by Gasteiger charge is -2.40. The summed E-state index contributed by atoms with van der Waals surface area (Å²) in [5, 5.41) is 0. The minimum absolute atomic E-state index is 0.0290. The maximum Gasteiger partial charge on any atom is 0.259 e. The van der Waals surface area contributed by atoms with Gasteiger partial charge in [0.2, 0.25) is 0 Å². The molecule has 1 saturated heterocycles. The molecule has 0 unspecified atom stereocenters. The van der Waals surface area contributed by atoms with Crippen LogP contribution in [0, 0.1) is 10.8 Å². The topological polar surface area (TPSA) is 129 Å². The lowest BCUT2D eigenvalue weighted by atomic mass is 9.71. The quantitative estimate of drug-likeness (QED) is 0.401. The van der Waals surface area contributed by atoms with Crippen molar-refractivity contribution in [2.24, 2.45) is 29.7 Å². The molecule has 3 rings (SSSR count). The number of carbonyl (C=O) groups is 3. The average molecular weight is 492 g/mol. The van der Waals surface area contributed by atoms with Crippen LogP contribution in [0.4, 0.5) is 0 Å². The normalized spacial score (nSPS) is 18.8. The number of ketones is 2. The van der Waals surface area contributed by atoms with Crippen molar-refractivity contribution in [2.45, 2.75) is 71.6 Å². The minimum Gasteiger partial charge on any atom is -0.338 e. The molecule has 0 bridgehead atoms. The van der Waals surface area contributed by atoms with Crippen LogP contribution in [0.5, 0.6) is 0 Å². The lowest BCUT2D eigenvalue weighted by molar-refractivity contribution is -0.671. The van der Waals surface area contributed by atoms with Crippen molar-refractivity contribution in [1.82, 2.24) is 4.90 Å². The molecule has 35 heavy (non-hydrogen) atoms. The van der Waals surface area contributed by atoms with Gasteiger partial charge in [0.1, 0.15) is 24.2 Å². The van der Waals surface area contributed by atoms with Crippen LogP contribution >= 0.6 is 0 Å². The summed E-state index contributed by atoms with van der Waals surface area (Å²) in [4.78, 5) is 46.5. The number of hydrogen-bond donors (Lipinski definition) is 2. The number of aryl methyl sites for hydroxylation is 1. The lowest BCUT2D eigenvalue weighted by Crippen LogP contribution is -2.46. The number of nitrogens with two attached hydrogens (primary N) is 2. The van der Waals surface area contributed by atoms with Crippen molar-refractivity contribution < 1.29 is 28.6 Å². The highest BCUT2D eigenvalue weighted by Gasteiger charge is 2.37. The molecule has 1 amide bonds. The number of pyridine rings is 1. The molecule has 1 aromatic heterocycles. The first-order valence-electron chi connectivity index (χ1n) is 12.5. The highest BCUT2D eigenvalue weighted by Crippen LogP contribution is 2.39. The maximum atomic E-state index is 12.5. The number of nitrogens with zero attached hydrogens (tertiary/aromatic N) is 2. The van der Waals surface area contributed by atoms with E-state index in [9.17, 15) is 14.4 Å². The molecular formula is C26H43N4O5+. The van der Waals surface area contributed by atoms with E-state index in [1.165, 1.54) is 19.3 Å². The van der Waals surface area contributed by atoms with Gasteiger partial charge in [0.25, 0.3) is 5.91 Å². The fourth-order valence-corrected chi connectivity index (χ4v) is 5.54. The van der Waals surface area contributed by atoms with Crippen molar-refractivity contribution in [1.29, 1.82) is 0 Å². The van der Waals surface area contributed by atoms with Gasteiger partial charge in [0, 0.05) is 42.8 Å². The zero-order valence-electron chi connectivity index (χ0n) is 21.6. The summed E-state index contributed by atoms with van der Waals surface area (Å²) in [6.07, 6.45) is 12.1. The van der Waals surface area contributed by atoms with E-state index in [1.54, 1.807) is 13.8 Å². The Labute approximate surface area is 209 Å². The van der Waals surface area contributed by atoms with Gasteiger partial charge in [0.15, 0.2) is 12.4 Å². The highest BCUT2D eigenvalue weighted by atomic mass is 16.6. The summed E-state index contributed by atoms with van der Waals surface area (Å²) >= 11 is 0. The summed E-state index contributed by atoms with van der Waals surface area (Å²) in [7, 11) is 1.89. The highest BCUT2D eigenvalue weighted by molar-refractivity contribution is 5.93. The zero-order chi connectivity index (χ0) is 25.9. The number of rotatable bonds is 9. The second kappa shape index (κ2) is 13.8. The predicted molar refractivity (Wildman–Crippen MR) is 132 cm³/mol. The van der Waals surface area contributed by atoms with Crippen LogP contribution in [0.15, 0.2) is 24.5 Å². The van der Waals surface area contributed by atoms with Gasteiger partial charge in [-0.1, -0.05) is 19.3 Å². The summed E-state index contributed by atoms with van der Waals surface area (Å²) < 4.78 is 1.86. The van der Waals surface area contributed by atoms with Gasteiger partial charge >= 0.3 is 0 Å².